The van der Waals surface area contributed by atoms with Gasteiger partial charge in [0.1, 0.15) is 29.8 Å². The second kappa shape index (κ2) is 9.37. The number of hydrogen-bond acceptors (Lipinski definition) is 6. The largest absolute Gasteiger partial charge is 0.497 e. The molecule has 0 unspecified atom stereocenters. The standard InChI is InChI=1S/C21H22FN3O4/c1-28-16-5-2-13(3-6-16)9-18-20(19(26)12-24-18)29-21(27)25-11-14-4-7-17(22)15(8-14)10-23/h2-8,18-20,24,26H,9,11-12H2,1H3,(H,25,27)/t18-,19+,20+/m1/s1. The lowest BCUT2D eigenvalue weighted by molar-refractivity contribution is 0.0188. The second-order valence-corrected chi connectivity index (χ2v) is 6.78. The highest BCUT2D eigenvalue weighted by atomic mass is 19.1. The number of ether oxygens (including phenoxy) is 2. The number of methoxy groups -OCH3 is 1. The molecule has 0 aliphatic carbocycles. The molecule has 0 bridgehead atoms. The number of hydrogen-bond donors (Lipinski definition) is 3. The van der Waals surface area contributed by atoms with Gasteiger partial charge in [0, 0.05) is 13.1 Å². The first kappa shape index (κ1) is 20.6. The van der Waals surface area contributed by atoms with Crippen LogP contribution in [0.4, 0.5) is 9.18 Å². The van der Waals surface area contributed by atoms with Crippen LogP contribution in [0.1, 0.15) is 16.7 Å². The van der Waals surface area contributed by atoms with E-state index in [0.29, 0.717) is 18.5 Å². The normalized spacial score (nSPS) is 20.7. The van der Waals surface area contributed by atoms with Crippen LogP contribution >= 0.6 is 0 Å². The van der Waals surface area contributed by atoms with Crippen molar-refractivity contribution in [2.75, 3.05) is 13.7 Å². The van der Waals surface area contributed by atoms with Gasteiger partial charge < -0.3 is 25.2 Å². The van der Waals surface area contributed by atoms with E-state index in [1.165, 1.54) is 18.2 Å². The van der Waals surface area contributed by atoms with Crippen LogP contribution in [-0.2, 0) is 17.7 Å². The molecule has 29 heavy (non-hydrogen) atoms. The average molecular weight is 399 g/mol. The molecule has 152 valence electrons. The third kappa shape index (κ3) is 5.22. The molecule has 2 aromatic carbocycles. The van der Waals surface area contributed by atoms with Gasteiger partial charge in [-0.25, -0.2) is 9.18 Å². The van der Waals surface area contributed by atoms with E-state index < -0.39 is 24.1 Å². The molecule has 7 nitrogen and oxygen atoms in total. The van der Waals surface area contributed by atoms with E-state index in [0.717, 1.165) is 11.3 Å². The monoisotopic (exact) mass is 399 g/mol. The fourth-order valence-corrected chi connectivity index (χ4v) is 3.24. The highest BCUT2D eigenvalue weighted by Crippen LogP contribution is 2.19. The average Bonchev–Trinajstić information content (AvgIpc) is 3.07. The van der Waals surface area contributed by atoms with Crippen LogP contribution in [0, 0.1) is 17.1 Å². The Hall–Kier alpha value is -3.15. The van der Waals surface area contributed by atoms with Crippen LogP contribution in [0.5, 0.6) is 5.75 Å². The number of carbonyl (C=O) groups excluding carboxylic acids is 1. The number of aliphatic hydroxyl groups excluding tert-OH is 1. The summed E-state index contributed by atoms with van der Waals surface area (Å²) < 4.78 is 23.9. The molecule has 1 aliphatic heterocycles. The summed E-state index contributed by atoms with van der Waals surface area (Å²) in [6.07, 6.45) is -1.65. The molecule has 0 saturated carbocycles. The van der Waals surface area contributed by atoms with Crippen molar-refractivity contribution in [3.05, 3.63) is 65.0 Å². The van der Waals surface area contributed by atoms with Crippen LogP contribution in [0.15, 0.2) is 42.5 Å². The number of nitrogens with zero attached hydrogens (tertiary/aromatic N) is 1. The molecule has 1 amide bonds. The zero-order valence-corrected chi connectivity index (χ0v) is 15.9. The van der Waals surface area contributed by atoms with Crippen molar-refractivity contribution in [1.82, 2.24) is 10.6 Å². The number of amides is 1. The van der Waals surface area contributed by atoms with Crippen LogP contribution in [0.3, 0.4) is 0 Å². The zero-order valence-electron chi connectivity index (χ0n) is 15.9. The fraction of sp³-hybridized carbons (Fsp3) is 0.333. The number of β-amino-alcohol motifs (C(OH)–C–C–N with tert-alkyl or cyclic N) is 1. The van der Waals surface area contributed by atoms with Crippen LogP contribution < -0.4 is 15.4 Å². The van der Waals surface area contributed by atoms with Gasteiger partial charge in [0.15, 0.2) is 0 Å². The van der Waals surface area contributed by atoms with Crippen LogP contribution in [0.2, 0.25) is 0 Å². The molecule has 1 fully saturated rings. The molecular weight excluding hydrogens is 377 g/mol. The third-order valence-electron chi connectivity index (χ3n) is 4.81. The maximum absolute atomic E-state index is 13.4. The lowest BCUT2D eigenvalue weighted by Gasteiger charge is -2.22. The van der Waals surface area contributed by atoms with E-state index in [4.69, 9.17) is 14.7 Å². The number of nitriles is 1. The second-order valence-electron chi connectivity index (χ2n) is 6.78. The molecule has 2 aromatic rings. The van der Waals surface area contributed by atoms with Crippen molar-refractivity contribution in [3.8, 4) is 11.8 Å². The van der Waals surface area contributed by atoms with E-state index in [2.05, 4.69) is 10.6 Å². The van der Waals surface area contributed by atoms with E-state index in [9.17, 15) is 14.3 Å². The summed E-state index contributed by atoms with van der Waals surface area (Å²) in [5.41, 5.74) is 1.49. The quantitative estimate of drug-likeness (QED) is 0.685. The molecule has 0 radical (unpaired) electrons. The summed E-state index contributed by atoms with van der Waals surface area (Å²) in [6.45, 7) is 0.398. The number of rotatable bonds is 6. The number of halogens is 1. The van der Waals surface area contributed by atoms with Gasteiger partial charge in [0.2, 0.25) is 0 Å². The van der Waals surface area contributed by atoms with Crippen molar-refractivity contribution in [3.63, 3.8) is 0 Å². The molecule has 3 N–H and O–H groups in total. The topological polar surface area (TPSA) is 104 Å². The van der Waals surface area contributed by atoms with Gasteiger partial charge in [-0.1, -0.05) is 18.2 Å². The van der Waals surface area contributed by atoms with Gasteiger partial charge in [-0.3, -0.25) is 0 Å². The number of nitrogens with one attached hydrogen (secondary N) is 2. The summed E-state index contributed by atoms with van der Waals surface area (Å²) in [4.78, 5) is 12.2. The van der Waals surface area contributed by atoms with Gasteiger partial charge >= 0.3 is 6.09 Å². The Kier molecular flexibility index (Phi) is 6.65. The van der Waals surface area contributed by atoms with Gasteiger partial charge in [0.05, 0.1) is 18.7 Å². The minimum Gasteiger partial charge on any atom is -0.497 e. The molecule has 1 aliphatic rings. The Balaban J connectivity index is 1.56. The maximum atomic E-state index is 13.4. The van der Waals surface area contributed by atoms with Gasteiger partial charge in [0.25, 0.3) is 0 Å². The minimum atomic E-state index is -0.819. The number of carbonyl (C=O) groups is 1. The molecular formula is C21H22FN3O4. The summed E-state index contributed by atoms with van der Waals surface area (Å²) in [7, 11) is 1.60. The highest BCUT2D eigenvalue weighted by Gasteiger charge is 2.37. The Labute approximate surface area is 168 Å². The van der Waals surface area contributed by atoms with E-state index >= 15 is 0 Å². The van der Waals surface area contributed by atoms with E-state index in [1.807, 2.05) is 24.3 Å². The Morgan fingerprint density at radius 1 is 1.31 bits per heavy atom. The van der Waals surface area contributed by atoms with Crippen molar-refractivity contribution in [2.24, 2.45) is 0 Å². The van der Waals surface area contributed by atoms with Crippen molar-refractivity contribution >= 4 is 6.09 Å². The summed E-state index contributed by atoms with van der Waals surface area (Å²) in [5.74, 6) is 0.140. The maximum Gasteiger partial charge on any atom is 0.407 e. The molecule has 0 aromatic heterocycles. The molecule has 8 heteroatoms. The fourth-order valence-electron chi connectivity index (χ4n) is 3.24. The summed E-state index contributed by atoms with van der Waals surface area (Å²) >= 11 is 0. The predicted octanol–water partition coefficient (Wildman–Crippen LogP) is 1.88. The molecule has 1 heterocycles. The molecule has 1 saturated heterocycles. The lowest BCUT2D eigenvalue weighted by Crippen LogP contribution is -2.41. The number of alkyl carbamates (subject to hydrolysis) is 1. The van der Waals surface area contributed by atoms with Gasteiger partial charge in [-0.05, 0) is 41.8 Å². The number of aliphatic hydroxyl groups is 1. The molecule has 3 rings (SSSR count). The van der Waals surface area contributed by atoms with Crippen molar-refractivity contribution in [1.29, 1.82) is 5.26 Å². The first-order chi connectivity index (χ1) is 14.0. The first-order valence-electron chi connectivity index (χ1n) is 9.17. The van der Waals surface area contributed by atoms with Crippen molar-refractivity contribution in [2.45, 2.75) is 31.2 Å². The first-order valence-corrected chi connectivity index (χ1v) is 9.17. The Bertz CT molecular complexity index is 898. The van der Waals surface area contributed by atoms with Gasteiger partial charge in [-0.15, -0.1) is 0 Å². The summed E-state index contributed by atoms with van der Waals surface area (Å²) in [6, 6.07) is 13.1. The third-order valence-corrected chi connectivity index (χ3v) is 4.81. The number of benzene rings is 2. The Morgan fingerprint density at radius 2 is 2.03 bits per heavy atom. The highest BCUT2D eigenvalue weighted by molar-refractivity contribution is 5.67. The van der Waals surface area contributed by atoms with Crippen molar-refractivity contribution < 1.29 is 23.8 Å². The molecule has 0 spiro atoms. The minimum absolute atomic E-state index is 0.0766. The van der Waals surface area contributed by atoms with E-state index in [-0.39, 0.29) is 18.2 Å². The zero-order chi connectivity index (χ0) is 20.8. The van der Waals surface area contributed by atoms with E-state index in [1.54, 1.807) is 13.2 Å². The Morgan fingerprint density at radius 3 is 2.72 bits per heavy atom. The SMILES string of the molecule is COc1ccc(C[C@H]2NC[C@H](O)[C@H]2OC(=O)NCc2ccc(F)c(C#N)c2)cc1. The molecule has 3 atom stereocenters. The predicted molar refractivity (Wildman–Crippen MR) is 103 cm³/mol. The lowest BCUT2D eigenvalue weighted by atomic mass is 10.0. The smallest absolute Gasteiger partial charge is 0.407 e. The van der Waals surface area contributed by atoms with Crippen LogP contribution in [0.25, 0.3) is 0 Å². The summed E-state index contributed by atoms with van der Waals surface area (Å²) in [5, 5.41) is 24.8. The van der Waals surface area contributed by atoms with Crippen LogP contribution in [-0.4, -0.2) is 43.1 Å². The van der Waals surface area contributed by atoms with Gasteiger partial charge in [-0.2, -0.15) is 5.26 Å².